The minimum absolute atomic E-state index is 0.478. The topological polar surface area (TPSA) is 24.9 Å². The molecule has 0 saturated heterocycles. The lowest BCUT2D eigenvalue weighted by Gasteiger charge is -2.23. The molecule has 2 unspecified atom stereocenters. The number of thiazole rings is 1. The van der Waals surface area contributed by atoms with Crippen LogP contribution in [0.3, 0.4) is 0 Å². The van der Waals surface area contributed by atoms with Crippen molar-refractivity contribution in [3.05, 3.63) is 16.1 Å². The SMILES string of the molecule is CCCC(C)C(NC1CC1)c1nc(C)cs1. The molecule has 2 nitrogen and oxygen atoms in total. The minimum Gasteiger partial charge on any atom is -0.305 e. The van der Waals surface area contributed by atoms with Crippen LogP contribution in [-0.2, 0) is 0 Å². The van der Waals surface area contributed by atoms with Crippen LogP contribution in [-0.4, -0.2) is 11.0 Å². The Labute approximate surface area is 102 Å². The highest BCUT2D eigenvalue weighted by Crippen LogP contribution is 2.32. The van der Waals surface area contributed by atoms with Crippen molar-refractivity contribution >= 4 is 11.3 Å². The molecular formula is C13H22N2S. The Balaban J connectivity index is 2.06. The number of hydrogen-bond donors (Lipinski definition) is 1. The summed E-state index contributed by atoms with van der Waals surface area (Å²) >= 11 is 1.81. The van der Waals surface area contributed by atoms with Crippen molar-refractivity contribution in [1.29, 1.82) is 0 Å². The lowest BCUT2D eigenvalue weighted by atomic mass is 9.97. The third-order valence-corrected chi connectivity index (χ3v) is 4.25. The van der Waals surface area contributed by atoms with E-state index in [4.69, 9.17) is 0 Å². The number of hydrogen-bond acceptors (Lipinski definition) is 3. The van der Waals surface area contributed by atoms with Crippen LogP contribution in [0, 0.1) is 12.8 Å². The summed E-state index contributed by atoms with van der Waals surface area (Å²) in [6.07, 6.45) is 5.23. The van der Waals surface area contributed by atoms with Gasteiger partial charge in [-0.1, -0.05) is 20.3 Å². The van der Waals surface area contributed by atoms with Gasteiger partial charge in [-0.05, 0) is 32.1 Å². The van der Waals surface area contributed by atoms with Gasteiger partial charge in [-0.25, -0.2) is 4.98 Å². The van der Waals surface area contributed by atoms with E-state index in [-0.39, 0.29) is 0 Å². The third-order valence-electron chi connectivity index (χ3n) is 3.21. The van der Waals surface area contributed by atoms with Gasteiger partial charge in [0.1, 0.15) is 5.01 Å². The molecule has 1 aliphatic rings. The van der Waals surface area contributed by atoms with Crippen molar-refractivity contribution in [1.82, 2.24) is 10.3 Å². The first-order chi connectivity index (χ1) is 7.70. The van der Waals surface area contributed by atoms with E-state index in [1.54, 1.807) is 0 Å². The number of aromatic nitrogens is 1. The molecule has 3 heteroatoms. The number of aryl methyl sites for hydroxylation is 1. The van der Waals surface area contributed by atoms with Crippen LogP contribution >= 0.6 is 11.3 Å². The zero-order chi connectivity index (χ0) is 11.5. The first-order valence-electron chi connectivity index (χ1n) is 6.38. The molecule has 1 aromatic heterocycles. The molecule has 1 aliphatic carbocycles. The molecule has 0 radical (unpaired) electrons. The molecule has 1 aromatic rings. The zero-order valence-corrected chi connectivity index (χ0v) is 11.3. The van der Waals surface area contributed by atoms with Crippen LogP contribution < -0.4 is 5.32 Å². The van der Waals surface area contributed by atoms with Crippen molar-refractivity contribution < 1.29 is 0 Å². The van der Waals surface area contributed by atoms with Gasteiger partial charge in [-0.15, -0.1) is 11.3 Å². The van der Waals surface area contributed by atoms with Gasteiger partial charge in [0.05, 0.1) is 6.04 Å². The van der Waals surface area contributed by atoms with Crippen molar-refractivity contribution in [2.45, 2.75) is 58.5 Å². The van der Waals surface area contributed by atoms with E-state index in [9.17, 15) is 0 Å². The van der Waals surface area contributed by atoms with Gasteiger partial charge in [-0.2, -0.15) is 0 Å². The van der Waals surface area contributed by atoms with E-state index in [0.717, 1.165) is 11.7 Å². The summed E-state index contributed by atoms with van der Waals surface area (Å²) in [7, 11) is 0. The summed E-state index contributed by atoms with van der Waals surface area (Å²) < 4.78 is 0. The van der Waals surface area contributed by atoms with E-state index in [0.29, 0.717) is 12.0 Å². The van der Waals surface area contributed by atoms with E-state index < -0.39 is 0 Å². The molecule has 0 bridgehead atoms. The first-order valence-corrected chi connectivity index (χ1v) is 7.26. The summed E-state index contributed by atoms with van der Waals surface area (Å²) in [6.45, 7) is 6.69. The van der Waals surface area contributed by atoms with E-state index in [1.165, 1.54) is 30.7 Å². The van der Waals surface area contributed by atoms with Crippen LogP contribution in [0.2, 0.25) is 0 Å². The Morgan fingerprint density at radius 3 is 2.81 bits per heavy atom. The molecule has 0 aliphatic heterocycles. The summed E-state index contributed by atoms with van der Waals surface area (Å²) in [5.41, 5.74) is 1.16. The summed E-state index contributed by atoms with van der Waals surface area (Å²) in [5.74, 6) is 0.691. The van der Waals surface area contributed by atoms with Gasteiger partial charge in [-0.3, -0.25) is 0 Å². The minimum atomic E-state index is 0.478. The average Bonchev–Trinajstić information content (AvgIpc) is 2.97. The van der Waals surface area contributed by atoms with Gasteiger partial charge < -0.3 is 5.32 Å². The normalized spacial score (nSPS) is 19.7. The average molecular weight is 238 g/mol. The van der Waals surface area contributed by atoms with Crippen LogP contribution in [0.15, 0.2) is 5.38 Å². The maximum Gasteiger partial charge on any atom is 0.110 e. The smallest absolute Gasteiger partial charge is 0.110 e. The number of nitrogens with zero attached hydrogens (tertiary/aromatic N) is 1. The molecule has 1 saturated carbocycles. The van der Waals surface area contributed by atoms with Crippen LogP contribution in [0.1, 0.15) is 56.3 Å². The second-order valence-electron chi connectivity index (χ2n) is 5.01. The lowest BCUT2D eigenvalue weighted by Crippen LogP contribution is -2.28. The highest BCUT2D eigenvalue weighted by molar-refractivity contribution is 7.09. The maximum atomic E-state index is 4.65. The summed E-state index contributed by atoms with van der Waals surface area (Å²) in [5, 5.41) is 7.20. The highest BCUT2D eigenvalue weighted by atomic mass is 32.1. The lowest BCUT2D eigenvalue weighted by molar-refractivity contribution is 0.359. The van der Waals surface area contributed by atoms with Crippen molar-refractivity contribution in [2.75, 3.05) is 0 Å². The van der Waals surface area contributed by atoms with Gasteiger partial charge in [0.25, 0.3) is 0 Å². The summed E-state index contributed by atoms with van der Waals surface area (Å²) in [4.78, 5) is 4.65. The fourth-order valence-corrected chi connectivity index (χ4v) is 3.11. The van der Waals surface area contributed by atoms with E-state index in [2.05, 4.69) is 36.5 Å². The fourth-order valence-electron chi connectivity index (χ4n) is 2.12. The molecule has 0 aromatic carbocycles. The predicted octanol–water partition coefficient (Wildman–Crippen LogP) is 3.68. The molecule has 0 amide bonds. The Morgan fingerprint density at radius 1 is 1.56 bits per heavy atom. The van der Waals surface area contributed by atoms with Crippen LogP contribution in [0.25, 0.3) is 0 Å². The second kappa shape index (κ2) is 5.28. The second-order valence-corrected chi connectivity index (χ2v) is 5.90. The van der Waals surface area contributed by atoms with E-state index in [1.807, 2.05) is 11.3 Å². The monoisotopic (exact) mass is 238 g/mol. The summed E-state index contributed by atoms with van der Waals surface area (Å²) in [6, 6.07) is 1.24. The van der Waals surface area contributed by atoms with E-state index >= 15 is 0 Å². The molecule has 0 spiro atoms. The third kappa shape index (κ3) is 3.05. The Hall–Kier alpha value is -0.410. The standard InChI is InChI=1S/C13H22N2S/c1-4-5-9(2)12(15-11-6-7-11)13-14-10(3)8-16-13/h8-9,11-12,15H,4-7H2,1-3H3. The number of rotatable bonds is 6. The molecular weight excluding hydrogens is 216 g/mol. The van der Waals surface area contributed by atoms with Gasteiger partial charge >= 0.3 is 0 Å². The molecule has 90 valence electrons. The zero-order valence-electron chi connectivity index (χ0n) is 10.5. The fraction of sp³-hybridized carbons (Fsp3) is 0.769. The van der Waals surface area contributed by atoms with Gasteiger partial charge in [0, 0.05) is 17.1 Å². The van der Waals surface area contributed by atoms with Crippen molar-refractivity contribution in [2.24, 2.45) is 5.92 Å². The largest absolute Gasteiger partial charge is 0.305 e. The predicted molar refractivity (Wildman–Crippen MR) is 69.8 cm³/mol. The quantitative estimate of drug-likeness (QED) is 0.817. The Bertz CT molecular complexity index is 330. The number of nitrogens with one attached hydrogen (secondary N) is 1. The maximum absolute atomic E-state index is 4.65. The Morgan fingerprint density at radius 2 is 2.31 bits per heavy atom. The molecule has 1 heterocycles. The molecule has 2 atom stereocenters. The highest BCUT2D eigenvalue weighted by Gasteiger charge is 2.29. The van der Waals surface area contributed by atoms with Crippen molar-refractivity contribution in [3.8, 4) is 0 Å². The van der Waals surface area contributed by atoms with Crippen molar-refractivity contribution in [3.63, 3.8) is 0 Å². The molecule has 1 N–H and O–H groups in total. The first kappa shape index (κ1) is 12.1. The van der Waals surface area contributed by atoms with Crippen LogP contribution in [0.5, 0.6) is 0 Å². The van der Waals surface area contributed by atoms with Crippen LogP contribution in [0.4, 0.5) is 0 Å². The molecule has 1 fully saturated rings. The molecule has 16 heavy (non-hydrogen) atoms. The van der Waals surface area contributed by atoms with Gasteiger partial charge in [0.2, 0.25) is 0 Å². The Kier molecular flexibility index (Phi) is 3.98. The molecule has 2 rings (SSSR count). The van der Waals surface area contributed by atoms with Gasteiger partial charge in [0.15, 0.2) is 0 Å².